The Labute approximate surface area is 170 Å². The van der Waals surface area contributed by atoms with Gasteiger partial charge in [-0.15, -0.1) is 0 Å². The number of nitrogens with zero attached hydrogens (tertiary/aromatic N) is 2. The maximum Gasteiger partial charge on any atom is 0.325 e. The number of halogens is 1. The molecule has 3 atom stereocenters. The summed E-state index contributed by atoms with van der Waals surface area (Å²) >= 11 is 0. The average molecular weight is 401 g/mol. The molecule has 29 heavy (non-hydrogen) atoms. The van der Waals surface area contributed by atoms with Crippen molar-refractivity contribution >= 4 is 17.8 Å². The first kappa shape index (κ1) is 19.9. The zero-order valence-electron chi connectivity index (χ0n) is 16.8. The molecule has 4 rings (SSSR count). The predicted molar refractivity (Wildman–Crippen MR) is 105 cm³/mol. The van der Waals surface area contributed by atoms with Crippen molar-refractivity contribution in [3.05, 3.63) is 35.6 Å². The molecule has 3 aliphatic rings. The average Bonchev–Trinajstić information content (AvgIpc) is 2.99. The highest BCUT2D eigenvalue weighted by Gasteiger charge is 2.52. The van der Waals surface area contributed by atoms with E-state index in [9.17, 15) is 18.8 Å². The standard InChI is InChI=1S/C22H28FN3O3/c1-2-22(17-7-9-18(23)10-8-17)20(28)26(21(29)24-22)14-19(27)25-12-11-15-5-3-4-6-16(15)13-25/h7-10,15-16H,2-6,11-14H2,1H3,(H,24,29)/t15-,16+,22+/m0/s1. The van der Waals surface area contributed by atoms with E-state index in [4.69, 9.17) is 0 Å². The van der Waals surface area contributed by atoms with Crippen LogP contribution in [0, 0.1) is 17.7 Å². The first-order valence-corrected chi connectivity index (χ1v) is 10.6. The van der Waals surface area contributed by atoms with E-state index in [2.05, 4.69) is 5.32 Å². The van der Waals surface area contributed by atoms with Crippen molar-refractivity contribution in [3.8, 4) is 0 Å². The van der Waals surface area contributed by atoms with Crippen molar-refractivity contribution in [2.75, 3.05) is 19.6 Å². The SMILES string of the molecule is CC[C@]1(c2ccc(F)cc2)NC(=O)N(CC(=O)N2CC[C@@H]3CCCC[C@@H]3C2)C1=O. The maximum atomic E-state index is 13.3. The van der Waals surface area contributed by atoms with Gasteiger partial charge in [-0.2, -0.15) is 0 Å². The molecule has 6 nitrogen and oxygen atoms in total. The monoisotopic (exact) mass is 401 g/mol. The molecule has 156 valence electrons. The Morgan fingerprint density at radius 1 is 1.14 bits per heavy atom. The number of urea groups is 1. The molecular formula is C22H28FN3O3. The van der Waals surface area contributed by atoms with Crippen molar-refractivity contribution in [2.45, 2.75) is 51.0 Å². The van der Waals surface area contributed by atoms with Crippen molar-refractivity contribution in [3.63, 3.8) is 0 Å². The first-order chi connectivity index (χ1) is 13.9. The third kappa shape index (κ3) is 3.51. The fourth-order valence-electron chi connectivity index (χ4n) is 5.21. The van der Waals surface area contributed by atoms with Crippen LogP contribution in [0.3, 0.4) is 0 Å². The van der Waals surface area contributed by atoms with E-state index in [-0.39, 0.29) is 12.5 Å². The molecule has 0 aromatic heterocycles. The van der Waals surface area contributed by atoms with Gasteiger partial charge in [0.25, 0.3) is 5.91 Å². The van der Waals surface area contributed by atoms with Gasteiger partial charge in [-0.25, -0.2) is 9.18 Å². The number of likely N-dealkylation sites (tertiary alicyclic amines) is 1. The molecule has 2 heterocycles. The van der Waals surface area contributed by atoms with Crippen molar-refractivity contribution in [2.24, 2.45) is 11.8 Å². The molecular weight excluding hydrogens is 373 g/mol. The number of rotatable bonds is 4. The molecule has 2 saturated heterocycles. The molecule has 7 heteroatoms. The summed E-state index contributed by atoms with van der Waals surface area (Å²) in [6, 6.07) is 5.00. The van der Waals surface area contributed by atoms with Gasteiger partial charge in [0.15, 0.2) is 0 Å². The summed E-state index contributed by atoms with van der Waals surface area (Å²) in [4.78, 5) is 41.5. The predicted octanol–water partition coefficient (Wildman–Crippen LogP) is 3.02. The number of piperidine rings is 1. The number of fused-ring (bicyclic) bond motifs is 1. The zero-order valence-corrected chi connectivity index (χ0v) is 16.8. The van der Waals surface area contributed by atoms with E-state index in [0.29, 0.717) is 30.4 Å². The number of carbonyl (C=O) groups is 3. The lowest BCUT2D eigenvalue weighted by Gasteiger charge is -2.41. The van der Waals surface area contributed by atoms with Gasteiger partial charge in [-0.05, 0) is 48.8 Å². The second-order valence-electron chi connectivity index (χ2n) is 8.52. The summed E-state index contributed by atoms with van der Waals surface area (Å²) in [7, 11) is 0. The minimum atomic E-state index is -1.25. The molecule has 2 aliphatic heterocycles. The van der Waals surface area contributed by atoms with Crippen LogP contribution in [0.2, 0.25) is 0 Å². The Kier molecular flexibility index (Phi) is 5.32. The van der Waals surface area contributed by atoms with E-state index < -0.39 is 23.3 Å². The summed E-state index contributed by atoms with van der Waals surface area (Å²) in [6.07, 6.45) is 6.22. The number of hydrogen-bond acceptors (Lipinski definition) is 3. The van der Waals surface area contributed by atoms with Gasteiger partial charge in [0.1, 0.15) is 17.9 Å². The van der Waals surface area contributed by atoms with E-state index in [1.54, 1.807) is 6.92 Å². The van der Waals surface area contributed by atoms with Crippen molar-refractivity contribution in [1.29, 1.82) is 0 Å². The highest BCUT2D eigenvalue weighted by molar-refractivity contribution is 6.09. The number of hydrogen-bond donors (Lipinski definition) is 1. The normalized spacial score (nSPS) is 29.6. The molecule has 0 bridgehead atoms. The summed E-state index contributed by atoms with van der Waals surface area (Å²) in [6.45, 7) is 2.97. The third-order valence-electron chi connectivity index (χ3n) is 6.98. The van der Waals surface area contributed by atoms with Crippen LogP contribution in [0.4, 0.5) is 9.18 Å². The van der Waals surface area contributed by atoms with Gasteiger partial charge in [0, 0.05) is 13.1 Å². The van der Waals surface area contributed by atoms with Crippen LogP contribution in [-0.2, 0) is 15.1 Å². The van der Waals surface area contributed by atoms with Gasteiger partial charge >= 0.3 is 6.03 Å². The van der Waals surface area contributed by atoms with Crippen LogP contribution in [0.25, 0.3) is 0 Å². The lowest BCUT2D eigenvalue weighted by molar-refractivity contribution is -0.141. The van der Waals surface area contributed by atoms with Crippen LogP contribution in [0.1, 0.15) is 51.0 Å². The molecule has 3 fully saturated rings. The van der Waals surface area contributed by atoms with Crippen LogP contribution in [-0.4, -0.2) is 47.3 Å². The van der Waals surface area contributed by atoms with E-state index in [1.807, 2.05) is 4.90 Å². The van der Waals surface area contributed by atoms with Gasteiger partial charge < -0.3 is 10.2 Å². The topological polar surface area (TPSA) is 69.7 Å². The number of imide groups is 1. The van der Waals surface area contributed by atoms with Crippen LogP contribution >= 0.6 is 0 Å². The Bertz CT molecular complexity index is 812. The fourth-order valence-corrected chi connectivity index (χ4v) is 5.21. The molecule has 0 spiro atoms. The van der Waals surface area contributed by atoms with E-state index in [0.717, 1.165) is 24.3 Å². The second kappa shape index (κ2) is 7.76. The highest BCUT2D eigenvalue weighted by atomic mass is 19.1. The van der Waals surface area contributed by atoms with Gasteiger partial charge in [0.2, 0.25) is 5.91 Å². The minimum absolute atomic E-state index is 0.177. The Morgan fingerprint density at radius 3 is 2.52 bits per heavy atom. The molecule has 1 N–H and O–H groups in total. The quantitative estimate of drug-likeness (QED) is 0.789. The molecule has 1 aromatic carbocycles. The van der Waals surface area contributed by atoms with Gasteiger partial charge in [-0.3, -0.25) is 14.5 Å². The zero-order chi connectivity index (χ0) is 20.6. The Hall–Kier alpha value is -2.44. The molecule has 0 radical (unpaired) electrons. The molecule has 1 aromatic rings. The van der Waals surface area contributed by atoms with Gasteiger partial charge in [-0.1, -0.05) is 38.3 Å². The Morgan fingerprint density at radius 2 is 1.83 bits per heavy atom. The maximum absolute atomic E-state index is 13.3. The second-order valence-corrected chi connectivity index (χ2v) is 8.52. The summed E-state index contributed by atoms with van der Waals surface area (Å²) in [5.74, 6) is 0.213. The van der Waals surface area contributed by atoms with E-state index in [1.165, 1.54) is 43.5 Å². The number of amides is 4. The third-order valence-corrected chi connectivity index (χ3v) is 6.98. The number of benzene rings is 1. The van der Waals surface area contributed by atoms with Crippen LogP contribution in [0.15, 0.2) is 24.3 Å². The van der Waals surface area contributed by atoms with Crippen molar-refractivity contribution < 1.29 is 18.8 Å². The summed E-state index contributed by atoms with van der Waals surface area (Å²) < 4.78 is 13.3. The largest absolute Gasteiger partial charge is 0.341 e. The minimum Gasteiger partial charge on any atom is -0.341 e. The summed E-state index contributed by atoms with van der Waals surface area (Å²) in [5.41, 5.74) is -0.723. The molecule has 1 aliphatic carbocycles. The summed E-state index contributed by atoms with van der Waals surface area (Å²) in [5, 5.41) is 2.75. The lowest BCUT2D eigenvalue weighted by atomic mass is 9.75. The highest BCUT2D eigenvalue weighted by Crippen LogP contribution is 2.36. The van der Waals surface area contributed by atoms with E-state index >= 15 is 0 Å². The first-order valence-electron chi connectivity index (χ1n) is 10.6. The molecule has 1 saturated carbocycles. The smallest absolute Gasteiger partial charge is 0.325 e. The van der Waals surface area contributed by atoms with Gasteiger partial charge in [0.05, 0.1) is 0 Å². The molecule has 4 amide bonds. The van der Waals surface area contributed by atoms with Crippen LogP contribution < -0.4 is 5.32 Å². The van der Waals surface area contributed by atoms with Crippen LogP contribution in [0.5, 0.6) is 0 Å². The fraction of sp³-hybridized carbons (Fsp3) is 0.591. The molecule has 0 unspecified atom stereocenters. The lowest BCUT2D eigenvalue weighted by Crippen LogP contribution is -2.49. The van der Waals surface area contributed by atoms with Crippen molar-refractivity contribution in [1.82, 2.24) is 15.1 Å². The number of carbonyl (C=O) groups excluding carboxylic acids is 3. The number of nitrogens with one attached hydrogen (secondary N) is 1. The Balaban J connectivity index is 1.47.